The number of aromatic carboxylic acids is 1. The van der Waals surface area contributed by atoms with Gasteiger partial charge >= 0.3 is 5.97 Å². The minimum absolute atomic E-state index is 0.0488. The van der Waals surface area contributed by atoms with E-state index in [0.717, 1.165) is 18.5 Å². The summed E-state index contributed by atoms with van der Waals surface area (Å²) in [7, 11) is 0. The smallest absolute Gasteiger partial charge is 0.335 e. The first-order valence-electron chi connectivity index (χ1n) is 9.50. The molecule has 1 N–H and O–H groups in total. The fourth-order valence-corrected chi connectivity index (χ4v) is 5.63. The molecule has 1 aliphatic heterocycles. The van der Waals surface area contributed by atoms with E-state index >= 15 is 0 Å². The van der Waals surface area contributed by atoms with Gasteiger partial charge in [-0.1, -0.05) is 25.7 Å². The van der Waals surface area contributed by atoms with E-state index in [1.165, 1.54) is 25.7 Å². The Morgan fingerprint density at radius 2 is 1.60 bits per heavy atom. The number of carbonyl (C=O) groups excluding carboxylic acids is 1. The molecule has 1 saturated carbocycles. The number of ketones is 1. The summed E-state index contributed by atoms with van der Waals surface area (Å²) in [5.41, 5.74) is 1.38. The second-order valence-corrected chi connectivity index (χ2v) is 7.91. The topological polar surface area (TPSA) is 57.6 Å². The van der Waals surface area contributed by atoms with Gasteiger partial charge in [-0.15, -0.1) is 0 Å². The average molecular weight is 343 g/mol. The van der Waals surface area contributed by atoms with Crippen molar-refractivity contribution < 1.29 is 14.7 Å². The largest absolute Gasteiger partial charge is 0.478 e. The first kappa shape index (κ1) is 18.0. The van der Waals surface area contributed by atoms with Crippen LogP contribution in [0.3, 0.4) is 0 Å². The van der Waals surface area contributed by atoms with Gasteiger partial charge in [-0.2, -0.15) is 0 Å². The zero-order valence-corrected chi connectivity index (χ0v) is 15.5. The van der Waals surface area contributed by atoms with Gasteiger partial charge in [0, 0.05) is 29.1 Å². The quantitative estimate of drug-likeness (QED) is 0.876. The highest BCUT2D eigenvalue weighted by atomic mass is 16.4. The first-order chi connectivity index (χ1) is 11.9. The third-order valence-corrected chi connectivity index (χ3v) is 6.67. The number of Topliss-reactive ketones (excluding diaryl/α,β-unsaturated/α-hetero) is 1. The highest BCUT2D eigenvalue weighted by molar-refractivity contribution is 5.88. The standard InChI is InChI=1S/C21H29NO3/c1-14-19(15(2)23)21(12-6-4-5-7-13-21)16(3)22(14)18-10-8-17(9-11-18)20(24)25/h8-11,14,16,19H,4-7,12-13H2,1-3H3,(H,24,25). The SMILES string of the molecule is CC(=O)C1C(C)N(c2ccc(C(=O)O)cc2)C(C)C12CCCCCC2. The predicted molar refractivity (Wildman–Crippen MR) is 99.1 cm³/mol. The molecule has 0 aromatic heterocycles. The van der Waals surface area contributed by atoms with Crippen LogP contribution in [0.15, 0.2) is 24.3 Å². The van der Waals surface area contributed by atoms with E-state index < -0.39 is 5.97 Å². The molecule has 0 amide bonds. The molecule has 3 atom stereocenters. The first-order valence-corrected chi connectivity index (χ1v) is 9.50. The summed E-state index contributed by atoms with van der Waals surface area (Å²) in [5, 5.41) is 9.13. The summed E-state index contributed by atoms with van der Waals surface area (Å²) >= 11 is 0. The van der Waals surface area contributed by atoms with Gasteiger partial charge in [0.05, 0.1) is 5.56 Å². The lowest BCUT2D eigenvalue weighted by molar-refractivity contribution is -0.124. The third-order valence-electron chi connectivity index (χ3n) is 6.67. The summed E-state index contributed by atoms with van der Waals surface area (Å²) in [6.07, 6.45) is 7.17. The molecular weight excluding hydrogens is 314 g/mol. The predicted octanol–water partition coefficient (Wildman–Crippen LogP) is 4.53. The van der Waals surface area contributed by atoms with Gasteiger partial charge in [-0.3, -0.25) is 4.79 Å². The maximum absolute atomic E-state index is 12.6. The van der Waals surface area contributed by atoms with Crippen LogP contribution < -0.4 is 4.90 Å². The Morgan fingerprint density at radius 1 is 1.04 bits per heavy atom. The summed E-state index contributed by atoms with van der Waals surface area (Å²) in [4.78, 5) is 26.1. The van der Waals surface area contributed by atoms with Crippen LogP contribution >= 0.6 is 0 Å². The Labute approximate surface area is 150 Å². The maximum atomic E-state index is 12.6. The molecule has 3 unspecified atom stereocenters. The summed E-state index contributed by atoms with van der Waals surface area (Å²) < 4.78 is 0. The number of hydrogen-bond acceptors (Lipinski definition) is 3. The van der Waals surface area contributed by atoms with Gasteiger partial charge < -0.3 is 10.0 Å². The maximum Gasteiger partial charge on any atom is 0.335 e. The number of anilines is 1. The highest BCUT2D eigenvalue weighted by Crippen LogP contribution is 2.54. The lowest BCUT2D eigenvalue weighted by Crippen LogP contribution is -2.40. The van der Waals surface area contributed by atoms with Gasteiger partial charge in [0.1, 0.15) is 5.78 Å². The van der Waals surface area contributed by atoms with E-state index in [2.05, 4.69) is 18.7 Å². The molecule has 3 rings (SSSR count). The molecule has 0 bridgehead atoms. The molecule has 2 aliphatic rings. The Hall–Kier alpha value is -1.84. The molecule has 4 nitrogen and oxygen atoms in total. The Morgan fingerprint density at radius 3 is 2.08 bits per heavy atom. The number of carboxylic acids is 1. The van der Waals surface area contributed by atoms with Crippen LogP contribution in [0.5, 0.6) is 0 Å². The van der Waals surface area contributed by atoms with E-state index in [0.29, 0.717) is 11.3 Å². The molecule has 0 radical (unpaired) electrons. The second kappa shape index (κ2) is 6.81. The average Bonchev–Trinajstić information content (AvgIpc) is 2.73. The normalized spacial score (nSPS) is 28.8. The van der Waals surface area contributed by atoms with Gasteiger partial charge in [0.25, 0.3) is 0 Å². The van der Waals surface area contributed by atoms with Gasteiger partial charge in [0.2, 0.25) is 0 Å². The van der Waals surface area contributed by atoms with Crippen LogP contribution in [0.4, 0.5) is 5.69 Å². The molecule has 136 valence electrons. The summed E-state index contributed by atoms with van der Waals surface area (Å²) in [6.45, 7) is 6.17. The molecule has 1 saturated heterocycles. The zero-order chi connectivity index (χ0) is 18.2. The molecule has 1 spiro atoms. The molecule has 1 aromatic carbocycles. The number of rotatable bonds is 3. The van der Waals surface area contributed by atoms with Crippen molar-refractivity contribution in [3.05, 3.63) is 29.8 Å². The van der Waals surface area contributed by atoms with Crippen LogP contribution in [0.1, 0.15) is 69.7 Å². The lowest BCUT2D eigenvalue weighted by Gasteiger charge is -2.38. The third kappa shape index (κ3) is 2.96. The summed E-state index contributed by atoms with van der Waals surface area (Å²) in [5.74, 6) is -0.554. The van der Waals surface area contributed by atoms with Gasteiger partial charge in [0.15, 0.2) is 0 Å². The van der Waals surface area contributed by atoms with Crippen LogP contribution in [0, 0.1) is 11.3 Å². The van der Waals surface area contributed by atoms with Crippen LogP contribution in [-0.4, -0.2) is 28.9 Å². The minimum Gasteiger partial charge on any atom is -0.478 e. The number of carbonyl (C=O) groups is 2. The van der Waals surface area contributed by atoms with Crippen molar-refractivity contribution in [2.75, 3.05) is 4.90 Å². The van der Waals surface area contributed by atoms with Crippen molar-refractivity contribution in [1.29, 1.82) is 0 Å². The number of hydrogen-bond donors (Lipinski definition) is 1. The molecule has 1 aromatic rings. The summed E-state index contributed by atoms with van der Waals surface area (Å²) in [6, 6.07) is 7.54. The Balaban J connectivity index is 2.00. The Kier molecular flexibility index (Phi) is 4.90. The van der Waals surface area contributed by atoms with Crippen molar-refractivity contribution in [2.45, 2.75) is 71.4 Å². The van der Waals surface area contributed by atoms with Gasteiger partial charge in [-0.25, -0.2) is 4.79 Å². The van der Waals surface area contributed by atoms with Crippen molar-refractivity contribution in [1.82, 2.24) is 0 Å². The molecule has 2 fully saturated rings. The van der Waals surface area contributed by atoms with Gasteiger partial charge in [-0.05, 0) is 57.9 Å². The zero-order valence-electron chi connectivity index (χ0n) is 15.5. The van der Waals surface area contributed by atoms with E-state index in [1.807, 2.05) is 12.1 Å². The number of nitrogens with zero attached hydrogens (tertiary/aromatic N) is 1. The molecule has 1 heterocycles. The van der Waals surface area contributed by atoms with Crippen molar-refractivity contribution >= 4 is 17.4 Å². The fraction of sp³-hybridized carbons (Fsp3) is 0.619. The monoisotopic (exact) mass is 343 g/mol. The minimum atomic E-state index is -0.907. The molecule has 1 aliphatic carbocycles. The van der Waals surface area contributed by atoms with Crippen LogP contribution in [-0.2, 0) is 4.79 Å². The van der Waals surface area contributed by atoms with Crippen LogP contribution in [0.25, 0.3) is 0 Å². The number of carboxylic acid groups (broad SMARTS) is 1. The molecule has 25 heavy (non-hydrogen) atoms. The second-order valence-electron chi connectivity index (χ2n) is 7.91. The Bertz CT molecular complexity index is 644. The van der Waals surface area contributed by atoms with Crippen LogP contribution in [0.2, 0.25) is 0 Å². The molecular formula is C21H29NO3. The van der Waals surface area contributed by atoms with Crippen molar-refractivity contribution in [3.63, 3.8) is 0 Å². The highest BCUT2D eigenvalue weighted by Gasteiger charge is 2.56. The van der Waals surface area contributed by atoms with E-state index in [9.17, 15) is 9.59 Å². The molecule has 4 heteroatoms. The van der Waals surface area contributed by atoms with Crippen molar-refractivity contribution in [2.24, 2.45) is 11.3 Å². The number of benzene rings is 1. The lowest BCUT2D eigenvalue weighted by atomic mass is 9.65. The van der Waals surface area contributed by atoms with Crippen molar-refractivity contribution in [3.8, 4) is 0 Å². The van der Waals surface area contributed by atoms with E-state index in [4.69, 9.17) is 5.11 Å². The fourth-order valence-electron chi connectivity index (χ4n) is 5.63. The van der Waals surface area contributed by atoms with E-state index in [-0.39, 0.29) is 23.4 Å². The van der Waals surface area contributed by atoms with E-state index in [1.54, 1.807) is 19.1 Å².